The Labute approximate surface area is 164 Å². The Morgan fingerprint density at radius 1 is 1.19 bits per heavy atom. The SMILES string of the molecule is O=C(CSc1nncn1-c1ccccc1)Nc1cc2c(cc1Cl)OCCO2. The van der Waals surface area contributed by atoms with Gasteiger partial charge in [-0.1, -0.05) is 41.6 Å². The second-order valence-corrected chi connectivity index (χ2v) is 6.98. The predicted molar refractivity (Wildman–Crippen MR) is 103 cm³/mol. The van der Waals surface area contributed by atoms with Crippen molar-refractivity contribution in [2.75, 3.05) is 24.3 Å². The van der Waals surface area contributed by atoms with E-state index in [1.54, 1.807) is 18.5 Å². The second kappa shape index (κ2) is 7.89. The van der Waals surface area contributed by atoms with E-state index in [9.17, 15) is 4.79 Å². The molecule has 1 amide bonds. The van der Waals surface area contributed by atoms with Gasteiger partial charge in [0.15, 0.2) is 16.7 Å². The highest BCUT2D eigenvalue weighted by Gasteiger charge is 2.17. The number of nitrogens with zero attached hydrogens (tertiary/aromatic N) is 3. The van der Waals surface area contributed by atoms with Gasteiger partial charge in [0.25, 0.3) is 0 Å². The van der Waals surface area contributed by atoms with Crippen molar-refractivity contribution in [2.45, 2.75) is 5.16 Å². The number of anilines is 1. The van der Waals surface area contributed by atoms with E-state index >= 15 is 0 Å². The molecule has 0 atom stereocenters. The van der Waals surface area contributed by atoms with E-state index in [0.29, 0.717) is 40.6 Å². The van der Waals surface area contributed by atoms with Crippen molar-refractivity contribution in [3.63, 3.8) is 0 Å². The molecule has 7 nitrogen and oxygen atoms in total. The fraction of sp³-hybridized carbons (Fsp3) is 0.167. The van der Waals surface area contributed by atoms with E-state index in [0.717, 1.165) is 5.69 Å². The zero-order chi connectivity index (χ0) is 18.6. The predicted octanol–water partition coefficient (Wildman–Crippen LogP) is 3.42. The van der Waals surface area contributed by atoms with Gasteiger partial charge in [0.2, 0.25) is 5.91 Å². The highest BCUT2D eigenvalue weighted by Crippen LogP contribution is 2.38. The molecule has 4 rings (SSSR count). The summed E-state index contributed by atoms with van der Waals surface area (Å²) in [7, 11) is 0. The molecule has 1 N–H and O–H groups in total. The van der Waals surface area contributed by atoms with E-state index in [-0.39, 0.29) is 11.7 Å². The maximum Gasteiger partial charge on any atom is 0.234 e. The number of amides is 1. The van der Waals surface area contributed by atoms with Crippen LogP contribution in [0.4, 0.5) is 5.69 Å². The van der Waals surface area contributed by atoms with Crippen LogP contribution in [0.15, 0.2) is 53.9 Å². The lowest BCUT2D eigenvalue weighted by atomic mass is 10.2. The average Bonchev–Trinajstić information content (AvgIpc) is 3.16. The topological polar surface area (TPSA) is 78.3 Å². The number of thioether (sulfide) groups is 1. The third-order valence-electron chi connectivity index (χ3n) is 3.79. The highest BCUT2D eigenvalue weighted by molar-refractivity contribution is 7.99. The molecule has 3 aromatic rings. The minimum atomic E-state index is -0.207. The zero-order valence-electron chi connectivity index (χ0n) is 14.1. The summed E-state index contributed by atoms with van der Waals surface area (Å²) in [5, 5.41) is 11.8. The van der Waals surface area contributed by atoms with E-state index < -0.39 is 0 Å². The van der Waals surface area contributed by atoms with Crippen LogP contribution in [-0.4, -0.2) is 39.6 Å². The number of benzene rings is 2. The third kappa shape index (κ3) is 4.01. The van der Waals surface area contributed by atoms with Gasteiger partial charge in [-0.2, -0.15) is 0 Å². The van der Waals surface area contributed by atoms with E-state index in [1.807, 2.05) is 34.9 Å². The van der Waals surface area contributed by atoms with Crippen LogP contribution in [0.25, 0.3) is 5.69 Å². The lowest BCUT2D eigenvalue weighted by molar-refractivity contribution is -0.113. The summed E-state index contributed by atoms with van der Waals surface area (Å²) in [6.07, 6.45) is 1.62. The molecule has 27 heavy (non-hydrogen) atoms. The lowest BCUT2D eigenvalue weighted by Gasteiger charge is -2.20. The van der Waals surface area contributed by atoms with Crippen LogP contribution in [0, 0.1) is 0 Å². The zero-order valence-corrected chi connectivity index (χ0v) is 15.7. The van der Waals surface area contributed by atoms with Crippen LogP contribution < -0.4 is 14.8 Å². The summed E-state index contributed by atoms with van der Waals surface area (Å²) in [5.41, 5.74) is 1.41. The molecule has 0 unspecified atom stereocenters. The molecule has 1 aromatic heterocycles. The fourth-order valence-electron chi connectivity index (χ4n) is 2.56. The number of carbonyl (C=O) groups excluding carboxylic acids is 1. The molecule has 2 aromatic carbocycles. The van der Waals surface area contributed by atoms with E-state index in [2.05, 4.69) is 15.5 Å². The van der Waals surface area contributed by atoms with Gasteiger partial charge in [-0.25, -0.2) is 0 Å². The Morgan fingerprint density at radius 2 is 1.93 bits per heavy atom. The number of fused-ring (bicyclic) bond motifs is 1. The highest BCUT2D eigenvalue weighted by atomic mass is 35.5. The Hall–Kier alpha value is -2.71. The quantitative estimate of drug-likeness (QED) is 0.659. The van der Waals surface area contributed by atoms with Crippen molar-refractivity contribution in [3.05, 3.63) is 53.8 Å². The monoisotopic (exact) mass is 402 g/mol. The van der Waals surface area contributed by atoms with Crippen LogP contribution in [0.3, 0.4) is 0 Å². The Bertz CT molecular complexity index is 964. The number of carbonyl (C=O) groups is 1. The number of hydrogen-bond donors (Lipinski definition) is 1. The summed E-state index contributed by atoms with van der Waals surface area (Å²) in [6, 6.07) is 13.0. The first-order chi connectivity index (χ1) is 13.2. The molecule has 2 heterocycles. The molecular weight excluding hydrogens is 388 g/mol. The number of halogens is 1. The van der Waals surface area contributed by atoms with Gasteiger partial charge in [0.1, 0.15) is 19.5 Å². The summed E-state index contributed by atoms with van der Waals surface area (Å²) in [5.74, 6) is 1.10. The van der Waals surface area contributed by atoms with Crippen LogP contribution >= 0.6 is 23.4 Å². The Balaban J connectivity index is 1.42. The number of hydrogen-bond acceptors (Lipinski definition) is 6. The molecule has 0 fully saturated rings. The van der Waals surface area contributed by atoms with Gasteiger partial charge in [-0.05, 0) is 12.1 Å². The van der Waals surface area contributed by atoms with Gasteiger partial charge in [0, 0.05) is 17.8 Å². The molecular formula is C18H15ClN4O3S. The van der Waals surface area contributed by atoms with Gasteiger partial charge in [-0.3, -0.25) is 9.36 Å². The molecule has 0 spiro atoms. The first-order valence-corrected chi connectivity index (χ1v) is 9.54. The third-order valence-corrected chi connectivity index (χ3v) is 5.04. The van der Waals surface area contributed by atoms with Gasteiger partial charge >= 0.3 is 0 Å². The molecule has 1 aliphatic rings. The van der Waals surface area contributed by atoms with E-state index in [4.69, 9.17) is 21.1 Å². The number of rotatable bonds is 5. The number of ether oxygens (including phenoxy) is 2. The van der Waals surface area contributed by atoms with Gasteiger partial charge < -0.3 is 14.8 Å². The summed E-state index contributed by atoms with van der Waals surface area (Å²) >= 11 is 7.52. The summed E-state index contributed by atoms with van der Waals surface area (Å²) in [6.45, 7) is 0.945. The van der Waals surface area contributed by atoms with Gasteiger partial charge in [-0.15, -0.1) is 10.2 Å². The maximum atomic E-state index is 12.4. The minimum Gasteiger partial charge on any atom is -0.486 e. The summed E-state index contributed by atoms with van der Waals surface area (Å²) in [4.78, 5) is 12.4. The molecule has 0 saturated carbocycles. The second-order valence-electron chi connectivity index (χ2n) is 5.63. The largest absolute Gasteiger partial charge is 0.486 e. The van der Waals surface area contributed by atoms with Crippen molar-refractivity contribution in [1.29, 1.82) is 0 Å². The van der Waals surface area contributed by atoms with Crippen LogP contribution in [0.2, 0.25) is 5.02 Å². The maximum absolute atomic E-state index is 12.4. The van der Waals surface area contributed by atoms with Crippen LogP contribution in [0.1, 0.15) is 0 Å². The Kier molecular flexibility index (Phi) is 5.17. The number of aromatic nitrogens is 3. The molecule has 9 heteroatoms. The molecule has 1 aliphatic heterocycles. The molecule has 0 aliphatic carbocycles. The fourth-order valence-corrected chi connectivity index (χ4v) is 3.49. The smallest absolute Gasteiger partial charge is 0.234 e. The van der Waals surface area contributed by atoms with Gasteiger partial charge in [0.05, 0.1) is 16.5 Å². The van der Waals surface area contributed by atoms with Crippen LogP contribution in [0.5, 0.6) is 11.5 Å². The van der Waals surface area contributed by atoms with Crippen molar-refractivity contribution in [1.82, 2.24) is 14.8 Å². The Morgan fingerprint density at radius 3 is 2.70 bits per heavy atom. The summed E-state index contributed by atoms with van der Waals surface area (Å²) < 4.78 is 12.8. The first-order valence-electron chi connectivity index (χ1n) is 8.18. The van der Waals surface area contributed by atoms with Crippen molar-refractivity contribution in [2.24, 2.45) is 0 Å². The van der Waals surface area contributed by atoms with Crippen molar-refractivity contribution >= 4 is 35.0 Å². The molecule has 0 bridgehead atoms. The molecule has 138 valence electrons. The average molecular weight is 403 g/mol. The lowest BCUT2D eigenvalue weighted by Crippen LogP contribution is -2.17. The minimum absolute atomic E-state index is 0.163. The first kappa shape index (κ1) is 17.7. The normalized spacial score (nSPS) is 12.6. The van der Waals surface area contributed by atoms with Crippen molar-refractivity contribution in [3.8, 4) is 17.2 Å². The molecule has 0 radical (unpaired) electrons. The van der Waals surface area contributed by atoms with E-state index in [1.165, 1.54) is 11.8 Å². The standard InChI is InChI=1S/C18H15ClN4O3S/c19-13-8-15-16(26-7-6-25-15)9-14(13)21-17(24)10-27-18-22-20-11-23(18)12-4-2-1-3-5-12/h1-5,8-9,11H,6-7,10H2,(H,21,24). The molecule has 0 saturated heterocycles. The van der Waals surface area contributed by atoms with Crippen LogP contribution in [-0.2, 0) is 4.79 Å². The number of nitrogens with one attached hydrogen (secondary N) is 1. The number of para-hydroxylation sites is 1. The van der Waals surface area contributed by atoms with Crippen molar-refractivity contribution < 1.29 is 14.3 Å².